The summed E-state index contributed by atoms with van der Waals surface area (Å²) in [5.41, 5.74) is 5.38. The Kier molecular flexibility index (Phi) is 5.66. The fourth-order valence-electron chi connectivity index (χ4n) is 1.08. The SMILES string of the molecule is CC(C)CC(CO)NC(=O)C(C)N. The third kappa shape index (κ3) is 5.60. The molecular formula is C9H20N2O2. The predicted molar refractivity (Wildman–Crippen MR) is 52.1 cm³/mol. The third-order valence-electron chi connectivity index (χ3n) is 1.74. The molecule has 0 aromatic carbocycles. The summed E-state index contributed by atoms with van der Waals surface area (Å²) >= 11 is 0. The normalized spacial score (nSPS) is 15.5. The molecule has 0 aromatic heterocycles. The van der Waals surface area contributed by atoms with Crippen LogP contribution in [0.1, 0.15) is 27.2 Å². The molecule has 0 spiro atoms. The molecule has 0 bridgehead atoms. The zero-order valence-electron chi connectivity index (χ0n) is 8.58. The van der Waals surface area contributed by atoms with Crippen LogP contribution in [-0.4, -0.2) is 29.7 Å². The molecule has 0 radical (unpaired) electrons. The molecule has 2 unspecified atom stereocenters. The molecule has 0 aromatic rings. The van der Waals surface area contributed by atoms with Crippen LogP contribution in [0.3, 0.4) is 0 Å². The third-order valence-corrected chi connectivity index (χ3v) is 1.74. The van der Waals surface area contributed by atoms with Gasteiger partial charge in [0.2, 0.25) is 5.91 Å². The molecule has 0 aliphatic rings. The van der Waals surface area contributed by atoms with Gasteiger partial charge in [0.25, 0.3) is 0 Å². The Morgan fingerprint density at radius 3 is 2.31 bits per heavy atom. The molecule has 1 amide bonds. The van der Waals surface area contributed by atoms with Crippen molar-refractivity contribution in [2.75, 3.05) is 6.61 Å². The molecule has 4 N–H and O–H groups in total. The van der Waals surface area contributed by atoms with Gasteiger partial charge in [0.05, 0.1) is 18.7 Å². The van der Waals surface area contributed by atoms with Crippen LogP contribution in [-0.2, 0) is 4.79 Å². The Bertz CT molecular complexity index is 158. The lowest BCUT2D eigenvalue weighted by atomic mass is 10.0. The molecule has 0 saturated carbocycles. The van der Waals surface area contributed by atoms with E-state index in [1.54, 1.807) is 6.92 Å². The Labute approximate surface area is 79.5 Å². The number of carbonyl (C=O) groups excluding carboxylic acids is 1. The number of rotatable bonds is 5. The number of aliphatic hydroxyl groups is 1. The summed E-state index contributed by atoms with van der Waals surface area (Å²) in [6.07, 6.45) is 0.773. The summed E-state index contributed by atoms with van der Waals surface area (Å²) in [5, 5.41) is 11.6. The van der Waals surface area contributed by atoms with Crippen LogP contribution in [0.4, 0.5) is 0 Å². The zero-order valence-corrected chi connectivity index (χ0v) is 8.58. The average Bonchev–Trinajstić information content (AvgIpc) is 2.02. The van der Waals surface area contributed by atoms with E-state index in [1.807, 2.05) is 13.8 Å². The largest absolute Gasteiger partial charge is 0.394 e. The molecule has 0 saturated heterocycles. The number of nitrogens with two attached hydrogens (primary N) is 1. The molecule has 2 atom stereocenters. The molecule has 0 aliphatic heterocycles. The standard InChI is InChI=1S/C9H20N2O2/c1-6(2)4-8(5-12)11-9(13)7(3)10/h6-8,12H,4-5,10H2,1-3H3,(H,11,13). The maximum Gasteiger partial charge on any atom is 0.236 e. The molecule has 0 aliphatic carbocycles. The topological polar surface area (TPSA) is 75.3 Å². The molecule has 4 heteroatoms. The minimum atomic E-state index is -0.513. The van der Waals surface area contributed by atoms with Crippen LogP contribution in [0.15, 0.2) is 0 Å². The first kappa shape index (κ1) is 12.4. The van der Waals surface area contributed by atoms with Crippen LogP contribution in [0.5, 0.6) is 0 Å². The maximum absolute atomic E-state index is 11.1. The molecule has 0 heterocycles. The van der Waals surface area contributed by atoms with E-state index in [2.05, 4.69) is 5.32 Å². The highest BCUT2D eigenvalue weighted by atomic mass is 16.3. The lowest BCUT2D eigenvalue weighted by Crippen LogP contribution is -2.45. The van der Waals surface area contributed by atoms with Gasteiger partial charge in [0, 0.05) is 0 Å². The minimum absolute atomic E-state index is 0.0311. The van der Waals surface area contributed by atoms with Crippen LogP contribution >= 0.6 is 0 Å². The first-order valence-corrected chi connectivity index (χ1v) is 4.64. The first-order chi connectivity index (χ1) is 5.97. The summed E-state index contributed by atoms with van der Waals surface area (Å²) < 4.78 is 0. The Morgan fingerprint density at radius 2 is 2.00 bits per heavy atom. The quantitative estimate of drug-likeness (QED) is 0.562. The summed E-state index contributed by atoms with van der Waals surface area (Å²) in [5.74, 6) is 0.241. The van der Waals surface area contributed by atoms with Gasteiger partial charge in [-0.05, 0) is 19.3 Å². The van der Waals surface area contributed by atoms with E-state index in [0.717, 1.165) is 6.42 Å². The lowest BCUT2D eigenvalue weighted by Gasteiger charge is -2.19. The zero-order chi connectivity index (χ0) is 10.4. The molecule has 4 nitrogen and oxygen atoms in total. The second-order valence-corrected chi connectivity index (χ2v) is 3.81. The van der Waals surface area contributed by atoms with Gasteiger partial charge < -0.3 is 16.2 Å². The number of hydrogen-bond donors (Lipinski definition) is 3. The highest BCUT2D eigenvalue weighted by molar-refractivity contribution is 5.81. The summed E-state index contributed by atoms with van der Waals surface area (Å²) in [7, 11) is 0. The summed E-state index contributed by atoms with van der Waals surface area (Å²) in [4.78, 5) is 11.1. The van der Waals surface area contributed by atoms with Crippen molar-refractivity contribution in [3.63, 3.8) is 0 Å². The van der Waals surface area contributed by atoms with Gasteiger partial charge in [-0.15, -0.1) is 0 Å². The van der Waals surface area contributed by atoms with Crippen LogP contribution in [0, 0.1) is 5.92 Å². The molecular weight excluding hydrogens is 168 g/mol. The van der Waals surface area contributed by atoms with E-state index >= 15 is 0 Å². The highest BCUT2D eigenvalue weighted by Crippen LogP contribution is 2.03. The monoisotopic (exact) mass is 188 g/mol. The van der Waals surface area contributed by atoms with Gasteiger partial charge in [-0.25, -0.2) is 0 Å². The van der Waals surface area contributed by atoms with E-state index in [-0.39, 0.29) is 18.6 Å². The predicted octanol–water partition coefficient (Wildman–Crippen LogP) is -0.143. The van der Waals surface area contributed by atoms with Gasteiger partial charge in [0.1, 0.15) is 0 Å². The fraction of sp³-hybridized carbons (Fsp3) is 0.889. The van der Waals surface area contributed by atoms with Crippen molar-refractivity contribution in [2.45, 2.75) is 39.3 Å². The van der Waals surface area contributed by atoms with Gasteiger partial charge in [-0.2, -0.15) is 0 Å². The molecule has 78 valence electrons. The summed E-state index contributed by atoms with van der Waals surface area (Å²) in [6, 6.07) is -0.681. The van der Waals surface area contributed by atoms with Crippen molar-refractivity contribution < 1.29 is 9.90 Å². The Hall–Kier alpha value is -0.610. The molecule has 0 rings (SSSR count). The van der Waals surface area contributed by atoms with Crippen molar-refractivity contribution in [2.24, 2.45) is 11.7 Å². The number of aliphatic hydroxyl groups excluding tert-OH is 1. The second-order valence-electron chi connectivity index (χ2n) is 3.81. The Balaban J connectivity index is 3.90. The maximum atomic E-state index is 11.1. The molecule has 13 heavy (non-hydrogen) atoms. The number of carbonyl (C=O) groups is 1. The number of nitrogens with one attached hydrogen (secondary N) is 1. The van der Waals surface area contributed by atoms with Gasteiger partial charge in [0.15, 0.2) is 0 Å². The van der Waals surface area contributed by atoms with Crippen LogP contribution in [0.2, 0.25) is 0 Å². The summed E-state index contributed by atoms with van der Waals surface area (Å²) in [6.45, 7) is 5.68. The second kappa shape index (κ2) is 5.94. The van der Waals surface area contributed by atoms with E-state index in [9.17, 15) is 4.79 Å². The van der Waals surface area contributed by atoms with Crippen molar-refractivity contribution in [3.05, 3.63) is 0 Å². The van der Waals surface area contributed by atoms with Gasteiger partial charge in [-0.1, -0.05) is 13.8 Å². The number of amides is 1. The van der Waals surface area contributed by atoms with Gasteiger partial charge >= 0.3 is 0 Å². The van der Waals surface area contributed by atoms with Crippen molar-refractivity contribution in [3.8, 4) is 0 Å². The smallest absolute Gasteiger partial charge is 0.236 e. The molecule has 0 fully saturated rings. The van der Waals surface area contributed by atoms with Crippen LogP contribution in [0.25, 0.3) is 0 Å². The van der Waals surface area contributed by atoms with Crippen molar-refractivity contribution >= 4 is 5.91 Å². The van der Waals surface area contributed by atoms with Crippen molar-refractivity contribution in [1.29, 1.82) is 0 Å². The van der Waals surface area contributed by atoms with E-state index in [0.29, 0.717) is 5.92 Å². The minimum Gasteiger partial charge on any atom is -0.394 e. The number of hydrogen-bond acceptors (Lipinski definition) is 3. The van der Waals surface area contributed by atoms with Crippen LogP contribution < -0.4 is 11.1 Å². The average molecular weight is 188 g/mol. The first-order valence-electron chi connectivity index (χ1n) is 4.64. The Morgan fingerprint density at radius 1 is 1.46 bits per heavy atom. The highest BCUT2D eigenvalue weighted by Gasteiger charge is 2.14. The van der Waals surface area contributed by atoms with E-state index < -0.39 is 6.04 Å². The van der Waals surface area contributed by atoms with E-state index in [1.165, 1.54) is 0 Å². The van der Waals surface area contributed by atoms with Gasteiger partial charge in [-0.3, -0.25) is 4.79 Å². The lowest BCUT2D eigenvalue weighted by molar-refractivity contribution is -0.123. The fourth-order valence-corrected chi connectivity index (χ4v) is 1.08. The van der Waals surface area contributed by atoms with Crippen molar-refractivity contribution in [1.82, 2.24) is 5.32 Å². The van der Waals surface area contributed by atoms with E-state index in [4.69, 9.17) is 10.8 Å².